The summed E-state index contributed by atoms with van der Waals surface area (Å²) >= 11 is 1.97. The maximum Gasteiger partial charge on any atom is 0.00683 e. The van der Waals surface area contributed by atoms with E-state index in [9.17, 15) is 0 Å². The van der Waals surface area contributed by atoms with Crippen LogP contribution in [0, 0.1) is 11.8 Å². The van der Waals surface area contributed by atoms with E-state index in [4.69, 9.17) is 0 Å². The quantitative estimate of drug-likeness (QED) is 0.680. The van der Waals surface area contributed by atoms with Gasteiger partial charge in [0, 0.05) is 6.04 Å². The minimum absolute atomic E-state index is 0.832. The van der Waals surface area contributed by atoms with E-state index >= 15 is 0 Å². The average Bonchev–Trinajstić information content (AvgIpc) is 2.87. The first-order valence-electron chi connectivity index (χ1n) is 5.46. The van der Waals surface area contributed by atoms with Crippen molar-refractivity contribution in [3.8, 4) is 0 Å². The van der Waals surface area contributed by atoms with Crippen molar-refractivity contribution in [2.45, 2.75) is 39.2 Å². The van der Waals surface area contributed by atoms with E-state index in [0.29, 0.717) is 0 Å². The lowest BCUT2D eigenvalue weighted by Crippen LogP contribution is -2.28. The molecule has 0 aromatic rings. The zero-order valence-electron chi connectivity index (χ0n) is 9.18. The van der Waals surface area contributed by atoms with Gasteiger partial charge in [-0.25, -0.2) is 0 Å². The molecule has 1 aliphatic carbocycles. The molecule has 0 heterocycles. The van der Waals surface area contributed by atoms with E-state index in [1.807, 2.05) is 11.8 Å². The monoisotopic (exact) mass is 201 g/mol. The molecule has 0 aliphatic heterocycles. The van der Waals surface area contributed by atoms with Gasteiger partial charge in [0.2, 0.25) is 0 Å². The zero-order chi connectivity index (χ0) is 9.68. The van der Waals surface area contributed by atoms with Gasteiger partial charge in [0.05, 0.1) is 0 Å². The molecule has 0 saturated heterocycles. The molecular formula is C11H23NS. The topological polar surface area (TPSA) is 12.0 Å². The van der Waals surface area contributed by atoms with Gasteiger partial charge in [-0.3, -0.25) is 0 Å². The van der Waals surface area contributed by atoms with E-state index < -0.39 is 0 Å². The highest BCUT2D eigenvalue weighted by Gasteiger charge is 2.22. The summed E-state index contributed by atoms with van der Waals surface area (Å²) in [7, 11) is 0. The van der Waals surface area contributed by atoms with Crippen LogP contribution < -0.4 is 5.32 Å². The highest BCUT2D eigenvalue weighted by Crippen LogP contribution is 2.21. The summed E-state index contributed by atoms with van der Waals surface area (Å²) in [5, 5.41) is 3.64. The molecule has 1 unspecified atom stereocenters. The first-order valence-corrected chi connectivity index (χ1v) is 6.85. The Morgan fingerprint density at radius 3 is 2.54 bits per heavy atom. The maximum atomic E-state index is 3.64. The largest absolute Gasteiger partial charge is 0.314 e. The van der Waals surface area contributed by atoms with Crippen LogP contribution in [-0.2, 0) is 0 Å². The molecule has 1 nitrogen and oxygen atoms in total. The first kappa shape index (κ1) is 11.4. The molecule has 0 aromatic carbocycles. The van der Waals surface area contributed by atoms with Crippen LogP contribution in [0.1, 0.15) is 33.1 Å². The maximum absolute atomic E-state index is 3.64. The molecule has 0 amide bonds. The van der Waals surface area contributed by atoms with E-state index in [0.717, 1.165) is 17.9 Å². The Kier molecular flexibility index (Phi) is 5.18. The molecule has 1 saturated carbocycles. The van der Waals surface area contributed by atoms with Crippen molar-refractivity contribution in [1.29, 1.82) is 0 Å². The number of nitrogens with one attached hydrogen (secondary N) is 1. The summed E-state index contributed by atoms with van der Waals surface area (Å²) in [6.45, 7) is 5.93. The van der Waals surface area contributed by atoms with Gasteiger partial charge in [0.15, 0.2) is 0 Å². The smallest absolute Gasteiger partial charge is 0.00683 e. The molecule has 0 aromatic heterocycles. The van der Waals surface area contributed by atoms with Gasteiger partial charge in [0.1, 0.15) is 0 Å². The molecule has 78 valence electrons. The molecule has 0 spiro atoms. The highest BCUT2D eigenvalue weighted by atomic mass is 32.2. The Balaban J connectivity index is 2.11. The normalized spacial score (nSPS) is 19.4. The molecule has 1 aliphatic rings. The van der Waals surface area contributed by atoms with Crippen molar-refractivity contribution in [1.82, 2.24) is 5.32 Å². The second-order valence-corrected chi connectivity index (χ2v) is 5.45. The van der Waals surface area contributed by atoms with E-state index in [2.05, 4.69) is 25.4 Å². The fourth-order valence-electron chi connectivity index (χ4n) is 1.55. The summed E-state index contributed by atoms with van der Waals surface area (Å²) in [5.41, 5.74) is 0. The molecule has 2 heteroatoms. The van der Waals surface area contributed by atoms with Crippen molar-refractivity contribution >= 4 is 11.8 Å². The Labute approximate surface area is 87.1 Å². The molecule has 1 fully saturated rings. The van der Waals surface area contributed by atoms with Gasteiger partial charge in [0.25, 0.3) is 0 Å². The molecule has 1 N–H and O–H groups in total. The predicted octanol–water partition coefficient (Wildman–Crippen LogP) is 2.76. The van der Waals surface area contributed by atoms with Gasteiger partial charge in [-0.1, -0.05) is 13.8 Å². The van der Waals surface area contributed by atoms with Gasteiger partial charge >= 0.3 is 0 Å². The van der Waals surface area contributed by atoms with Crippen LogP contribution in [0.4, 0.5) is 0 Å². The highest BCUT2D eigenvalue weighted by molar-refractivity contribution is 7.98. The van der Waals surface area contributed by atoms with Gasteiger partial charge in [-0.2, -0.15) is 11.8 Å². The van der Waals surface area contributed by atoms with E-state index in [-0.39, 0.29) is 0 Å². The van der Waals surface area contributed by atoms with Crippen molar-refractivity contribution in [3.63, 3.8) is 0 Å². The zero-order valence-corrected chi connectivity index (χ0v) is 9.99. The summed E-state index contributed by atoms with van der Waals surface area (Å²) in [6, 6.07) is 0.871. The first-order chi connectivity index (χ1) is 6.24. The van der Waals surface area contributed by atoms with Crippen molar-refractivity contribution in [2.24, 2.45) is 11.8 Å². The minimum atomic E-state index is 0.832. The van der Waals surface area contributed by atoms with Crippen LogP contribution in [0.3, 0.4) is 0 Å². The predicted molar refractivity (Wildman–Crippen MR) is 62.4 cm³/mol. The van der Waals surface area contributed by atoms with E-state index in [1.165, 1.54) is 31.6 Å². The number of rotatable bonds is 7. The molecule has 1 rings (SSSR count). The number of hydrogen-bond donors (Lipinski definition) is 1. The van der Waals surface area contributed by atoms with Crippen LogP contribution in [0.15, 0.2) is 0 Å². The lowest BCUT2D eigenvalue weighted by Gasteiger charge is -2.20. The van der Waals surface area contributed by atoms with Crippen molar-refractivity contribution < 1.29 is 0 Å². The fourth-order valence-corrected chi connectivity index (χ4v) is 2.08. The SMILES string of the molecule is CSCCC(CNC1CC1)C(C)C. The lowest BCUT2D eigenvalue weighted by atomic mass is 9.93. The number of hydrogen-bond acceptors (Lipinski definition) is 2. The Morgan fingerprint density at radius 2 is 2.08 bits per heavy atom. The van der Waals surface area contributed by atoms with Gasteiger partial charge in [-0.15, -0.1) is 0 Å². The Bertz CT molecular complexity index is 132. The summed E-state index contributed by atoms with van der Waals surface area (Å²) < 4.78 is 0. The molecule has 0 bridgehead atoms. The summed E-state index contributed by atoms with van der Waals surface area (Å²) in [5.74, 6) is 3.03. The van der Waals surface area contributed by atoms with Crippen LogP contribution >= 0.6 is 11.8 Å². The lowest BCUT2D eigenvalue weighted by molar-refractivity contribution is 0.354. The van der Waals surface area contributed by atoms with Gasteiger partial charge < -0.3 is 5.32 Å². The minimum Gasteiger partial charge on any atom is -0.314 e. The second kappa shape index (κ2) is 5.92. The Hall–Kier alpha value is 0.310. The average molecular weight is 201 g/mol. The van der Waals surface area contributed by atoms with Crippen molar-refractivity contribution in [3.05, 3.63) is 0 Å². The molecule has 0 radical (unpaired) electrons. The van der Waals surface area contributed by atoms with Crippen LogP contribution in [0.2, 0.25) is 0 Å². The molecular weight excluding hydrogens is 178 g/mol. The van der Waals surface area contributed by atoms with Crippen molar-refractivity contribution in [2.75, 3.05) is 18.6 Å². The summed E-state index contributed by atoms with van der Waals surface area (Å²) in [6.07, 6.45) is 6.39. The fraction of sp³-hybridized carbons (Fsp3) is 1.00. The number of thioether (sulfide) groups is 1. The third-order valence-corrected chi connectivity index (χ3v) is 3.53. The third-order valence-electron chi connectivity index (χ3n) is 2.88. The standard InChI is InChI=1S/C11H23NS/c1-9(2)10(6-7-13-3)8-12-11-4-5-11/h9-12H,4-8H2,1-3H3. The summed E-state index contributed by atoms with van der Waals surface area (Å²) in [4.78, 5) is 0. The third kappa shape index (κ3) is 4.92. The Morgan fingerprint density at radius 1 is 1.38 bits per heavy atom. The second-order valence-electron chi connectivity index (χ2n) is 4.47. The van der Waals surface area contributed by atoms with Crippen LogP contribution in [-0.4, -0.2) is 24.6 Å². The molecule has 1 atom stereocenters. The van der Waals surface area contributed by atoms with Crippen LogP contribution in [0.5, 0.6) is 0 Å². The molecule has 13 heavy (non-hydrogen) atoms. The van der Waals surface area contributed by atoms with Gasteiger partial charge in [-0.05, 0) is 49.7 Å². The van der Waals surface area contributed by atoms with Crippen LogP contribution in [0.25, 0.3) is 0 Å². The van der Waals surface area contributed by atoms with E-state index in [1.54, 1.807) is 0 Å².